The van der Waals surface area contributed by atoms with Gasteiger partial charge in [-0.2, -0.15) is 8.42 Å². The van der Waals surface area contributed by atoms with Crippen LogP contribution in [0.3, 0.4) is 0 Å². The molecule has 1 unspecified atom stereocenters. The van der Waals surface area contributed by atoms with Crippen molar-refractivity contribution in [2.45, 2.75) is 84.8 Å². The van der Waals surface area contributed by atoms with Crippen LogP contribution >= 0.6 is 0 Å². The second-order valence-electron chi connectivity index (χ2n) is 8.56. The lowest BCUT2D eigenvalue weighted by atomic mass is 9.87. The van der Waals surface area contributed by atoms with E-state index in [4.69, 9.17) is 14.0 Å². The molecule has 3 atom stereocenters. The second kappa shape index (κ2) is 12.5. The predicted molar refractivity (Wildman–Crippen MR) is 117 cm³/mol. The Kier molecular flexibility index (Phi) is 11.1. The summed E-state index contributed by atoms with van der Waals surface area (Å²) in [5.41, 5.74) is 1.19. The van der Waals surface area contributed by atoms with Crippen LogP contribution in [0.2, 0.25) is 0 Å². The molecule has 0 saturated carbocycles. The van der Waals surface area contributed by atoms with Crippen LogP contribution in [0.4, 0.5) is 0 Å². The van der Waals surface area contributed by atoms with Gasteiger partial charge in [0.2, 0.25) is 0 Å². The van der Waals surface area contributed by atoms with Crippen LogP contribution in [-0.4, -0.2) is 49.6 Å². The number of hydrogen-bond donors (Lipinski definition) is 1. The van der Waals surface area contributed by atoms with Crippen LogP contribution in [0.15, 0.2) is 23.3 Å². The van der Waals surface area contributed by atoms with Gasteiger partial charge < -0.3 is 9.47 Å². The first-order valence-electron chi connectivity index (χ1n) is 10.6. The molecule has 0 aliphatic carbocycles. The van der Waals surface area contributed by atoms with E-state index >= 15 is 0 Å². The Morgan fingerprint density at radius 1 is 1.32 bits per heavy atom. The molecule has 1 N–H and O–H groups in total. The molecule has 1 rings (SSSR count). The average molecular weight is 461 g/mol. The predicted octanol–water partition coefficient (Wildman–Crippen LogP) is 3.96. The highest BCUT2D eigenvalue weighted by atomic mass is 32.3. The summed E-state index contributed by atoms with van der Waals surface area (Å²) in [7, 11) is -4.51. The molecule has 178 valence electrons. The van der Waals surface area contributed by atoms with Crippen molar-refractivity contribution in [2.24, 2.45) is 5.92 Å². The van der Waals surface area contributed by atoms with E-state index in [9.17, 15) is 18.0 Å². The number of carbonyl (C=O) groups is 2. The lowest BCUT2D eigenvalue weighted by Crippen LogP contribution is -2.43. The lowest BCUT2D eigenvalue weighted by molar-refractivity contribution is -0.167. The fraction of sp³-hybridized carbons (Fsp3) is 0.727. The van der Waals surface area contributed by atoms with E-state index in [1.807, 2.05) is 33.8 Å². The summed E-state index contributed by atoms with van der Waals surface area (Å²) in [4.78, 5) is 23.9. The summed E-state index contributed by atoms with van der Waals surface area (Å²) in [5, 5.41) is 0. The van der Waals surface area contributed by atoms with Crippen molar-refractivity contribution in [1.82, 2.24) is 0 Å². The van der Waals surface area contributed by atoms with Crippen molar-refractivity contribution in [3.63, 3.8) is 0 Å². The maximum Gasteiger partial charge on any atom is 0.397 e. The van der Waals surface area contributed by atoms with Gasteiger partial charge in [0.25, 0.3) is 0 Å². The highest BCUT2D eigenvalue weighted by Gasteiger charge is 2.39. The number of rotatable bonds is 11. The first kappa shape index (κ1) is 27.5. The minimum atomic E-state index is -4.51. The number of hydrogen-bond acceptors (Lipinski definition) is 7. The summed E-state index contributed by atoms with van der Waals surface area (Å²) in [6, 6.07) is 0. The Hall–Kier alpha value is -1.55. The van der Waals surface area contributed by atoms with Gasteiger partial charge in [0, 0.05) is 19.3 Å². The van der Waals surface area contributed by atoms with Crippen molar-refractivity contribution >= 4 is 22.2 Å². The van der Waals surface area contributed by atoms with Gasteiger partial charge in [0.1, 0.15) is 17.5 Å². The standard InChI is InChI=1S/C22H36O8S/c1-16(2)8-10-20(24)17(3)7-6-13-22(5)21(30-18(4)23)11-9-19(15-28-22)12-14-29-31(25,26)27/h8,12,17,21H,6-7,9-11,13-15H2,1-5H3,(H,25,26,27)/b19-12+/t17?,21-,22+/m1/s1. The van der Waals surface area contributed by atoms with Crippen LogP contribution in [0.25, 0.3) is 0 Å². The zero-order valence-electron chi connectivity index (χ0n) is 19.2. The maximum absolute atomic E-state index is 12.3. The zero-order valence-corrected chi connectivity index (χ0v) is 20.0. The smallest absolute Gasteiger partial charge is 0.397 e. The van der Waals surface area contributed by atoms with E-state index < -0.39 is 28.1 Å². The fourth-order valence-corrected chi connectivity index (χ4v) is 3.73. The molecule has 8 nitrogen and oxygen atoms in total. The summed E-state index contributed by atoms with van der Waals surface area (Å²) >= 11 is 0. The van der Waals surface area contributed by atoms with Crippen molar-refractivity contribution in [1.29, 1.82) is 0 Å². The first-order valence-corrected chi connectivity index (χ1v) is 12.0. The molecule has 9 heteroatoms. The number of Topliss-reactive ketones (excluding diaryl/α,β-unsaturated/α-hetero) is 1. The Balaban J connectivity index is 2.75. The molecule has 0 spiro atoms. The first-order chi connectivity index (χ1) is 14.3. The van der Waals surface area contributed by atoms with E-state index in [1.54, 1.807) is 6.08 Å². The molecule has 0 radical (unpaired) electrons. The summed E-state index contributed by atoms with van der Waals surface area (Å²) in [6.07, 6.45) is 6.58. The Labute approximate surface area is 186 Å². The highest BCUT2D eigenvalue weighted by Crippen LogP contribution is 2.34. The number of ketones is 1. The van der Waals surface area contributed by atoms with Gasteiger partial charge in [-0.1, -0.05) is 24.6 Å². The van der Waals surface area contributed by atoms with Crippen LogP contribution < -0.4 is 0 Å². The molecule has 1 aliphatic rings. The van der Waals surface area contributed by atoms with Crippen molar-refractivity contribution in [3.8, 4) is 0 Å². The molecule has 1 heterocycles. The van der Waals surface area contributed by atoms with Crippen molar-refractivity contribution in [2.75, 3.05) is 13.2 Å². The molecular formula is C22H36O8S. The Bertz CT molecular complexity index is 779. The van der Waals surface area contributed by atoms with Crippen molar-refractivity contribution in [3.05, 3.63) is 23.3 Å². The number of allylic oxidation sites excluding steroid dienone is 2. The van der Waals surface area contributed by atoms with Crippen LogP contribution in [0, 0.1) is 5.92 Å². The van der Waals surface area contributed by atoms with Crippen LogP contribution in [0.1, 0.15) is 73.1 Å². The van der Waals surface area contributed by atoms with Gasteiger partial charge >= 0.3 is 16.4 Å². The van der Waals surface area contributed by atoms with E-state index in [-0.39, 0.29) is 24.9 Å². The van der Waals surface area contributed by atoms with Gasteiger partial charge in [0.05, 0.1) is 13.2 Å². The zero-order chi connectivity index (χ0) is 23.7. The normalized spacial score (nSPS) is 24.3. The van der Waals surface area contributed by atoms with Gasteiger partial charge in [0.15, 0.2) is 0 Å². The molecule has 0 amide bonds. The monoisotopic (exact) mass is 460 g/mol. The molecule has 31 heavy (non-hydrogen) atoms. The fourth-order valence-electron chi connectivity index (χ4n) is 3.49. The molecule has 1 fully saturated rings. The summed E-state index contributed by atoms with van der Waals surface area (Å²) in [6.45, 7) is 9.05. The van der Waals surface area contributed by atoms with Crippen LogP contribution in [0.5, 0.6) is 0 Å². The van der Waals surface area contributed by atoms with Gasteiger partial charge in [-0.3, -0.25) is 14.1 Å². The van der Waals surface area contributed by atoms with Gasteiger partial charge in [-0.15, -0.1) is 0 Å². The topological polar surface area (TPSA) is 116 Å². The third-order valence-electron chi connectivity index (χ3n) is 5.46. The maximum atomic E-state index is 12.3. The Morgan fingerprint density at radius 3 is 2.58 bits per heavy atom. The van der Waals surface area contributed by atoms with Crippen LogP contribution in [-0.2, 0) is 33.6 Å². The summed E-state index contributed by atoms with van der Waals surface area (Å²) in [5.74, 6) is -0.258. The van der Waals surface area contributed by atoms with Gasteiger partial charge in [-0.25, -0.2) is 4.18 Å². The molecular weight excluding hydrogens is 424 g/mol. The van der Waals surface area contributed by atoms with E-state index in [0.29, 0.717) is 32.1 Å². The van der Waals surface area contributed by atoms with Gasteiger partial charge in [-0.05, 0) is 58.4 Å². The number of ether oxygens (including phenoxy) is 2. The molecule has 0 aromatic rings. The summed E-state index contributed by atoms with van der Waals surface area (Å²) < 4.78 is 46.1. The number of esters is 1. The number of carbonyl (C=O) groups excluding carboxylic acids is 2. The van der Waals surface area contributed by atoms with E-state index in [2.05, 4.69) is 4.18 Å². The molecule has 0 bridgehead atoms. The SMILES string of the molecule is CC(=O)O[C@@H]1CC/C(=C\COS(=O)(=O)O)CO[C@@]1(C)CCCC(C)C(=O)CC=C(C)C. The molecule has 0 aromatic heterocycles. The average Bonchev–Trinajstić information content (AvgIpc) is 2.78. The molecule has 1 aliphatic heterocycles. The third-order valence-corrected chi connectivity index (χ3v) is 5.90. The highest BCUT2D eigenvalue weighted by molar-refractivity contribution is 7.80. The third kappa shape index (κ3) is 11.0. The quantitative estimate of drug-likeness (QED) is 0.280. The van der Waals surface area contributed by atoms with E-state index in [1.165, 1.54) is 6.92 Å². The molecule has 1 saturated heterocycles. The minimum absolute atomic E-state index is 0.0646. The lowest BCUT2D eigenvalue weighted by Gasteiger charge is -2.35. The molecule has 0 aromatic carbocycles. The van der Waals surface area contributed by atoms with E-state index in [0.717, 1.165) is 17.6 Å². The largest absolute Gasteiger partial charge is 0.459 e. The minimum Gasteiger partial charge on any atom is -0.459 e. The Morgan fingerprint density at radius 2 is 2.00 bits per heavy atom. The second-order valence-corrected chi connectivity index (χ2v) is 9.65. The van der Waals surface area contributed by atoms with Crippen molar-refractivity contribution < 1.29 is 36.2 Å².